The van der Waals surface area contributed by atoms with Gasteiger partial charge in [0, 0.05) is 12.2 Å². The van der Waals surface area contributed by atoms with Crippen LogP contribution in [0.2, 0.25) is 0 Å². The molecule has 0 aromatic carbocycles. The molecular formula is C13H23N5O6S. The maximum atomic E-state index is 12.0. The zero-order valence-electron chi connectivity index (χ0n) is 13.7. The quantitative estimate of drug-likeness (QED) is 0.183. The number of carboxylic acid groups (broad SMARTS) is 1. The molecule has 0 spiro atoms. The standard InChI is InChI=1S/C13H23N5O6S/c1-6(17-12(23)7(14)2-3-9(15)19)11(22)18-8(5-25)13(24)16-4-10(20)21/h6-8,25H,2-5,14H2,1H3,(H2,15,19)(H,16,24)(H,17,23)(H,18,22)(H,20,21). The van der Waals surface area contributed by atoms with Gasteiger partial charge in [0.2, 0.25) is 23.6 Å². The smallest absolute Gasteiger partial charge is 0.322 e. The van der Waals surface area contributed by atoms with Crippen LogP contribution < -0.4 is 27.4 Å². The molecular weight excluding hydrogens is 354 g/mol. The van der Waals surface area contributed by atoms with E-state index in [0.29, 0.717) is 0 Å². The molecule has 4 amide bonds. The molecule has 11 nitrogen and oxygen atoms in total. The Morgan fingerprint density at radius 2 is 1.68 bits per heavy atom. The molecule has 0 aliphatic rings. The first kappa shape index (κ1) is 22.7. The Hall–Kier alpha value is -2.34. The minimum atomic E-state index is -1.23. The topological polar surface area (TPSA) is 194 Å². The van der Waals surface area contributed by atoms with Crippen LogP contribution in [0.3, 0.4) is 0 Å². The Morgan fingerprint density at radius 3 is 2.16 bits per heavy atom. The molecule has 0 saturated heterocycles. The van der Waals surface area contributed by atoms with Crippen molar-refractivity contribution in [3.8, 4) is 0 Å². The van der Waals surface area contributed by atoms with Crippen molar-refractivity contribution < 1.29 is 29.1 Å². The monoisotopic (exact) mass is 377 g/mol. The van der Waals surface area contributed by atoms with Crippen LogP contribution >= 0.6 is 12.6 Å². The lowest BCUT2D eigenvalue weighted by atomic mass is 10.1. The minimum Gasteiger partial charge on any atom is -0.480 e. The largest absolute Gasteiger partial charge is 0.480 e. The van der Waals surface area contributed by atoms with Gasteiger partial charge in [0.1, 0.15) is 18.6 Å². The third kappa shape index (κ3) is 9.52. The van der Waals surface area contributed by atoms with Crippen molar-refractivity contribution in [1.29, 1.82) is 0 Å². The van der Waals surface area contributed by atoms with E-state index in [2.05, 4.69) is 28.6 Å². The van der Waals surface area contributed by atoms with E-state index in [0.717, 1.165) is 0 Å². The van der Waals surface area contributed by atoms with Gasteiger partial charge in [-0.1, -0.05) is 0 Å². The average molecular weight is 377 g/mol. The van der Waals surface area contributed by atoms with Gasteiger partial charge in [0.15, 0.2) is 0 Å². The summed E-state index contributed by atoms with van der Waals surface area (Å²) in [5.41, 5.74) is 10.5. The van der Waals surface area contributed by atoms with Crippen LogP contribution in [0.25, 0.3) is 0 Å². The first-order valence-electron chi connectivity index (χ1n) is 7.33. The van der Waals surface area contributed by atoms with Crippen LogP contribution in [0.1, 0.15) is 19.8 Å². The number of primary amides is 1. The number of carbonyl (C=O) groups excluding carboxylic acids is 4. The Kier molecular flexibility index (Phi) is 10.2. The molecule has 0 radical (unpaired) electrons. The maximum absolute atomic E-state index is 12.0. The van der Waals surface area contributed by atoms with E-state index < -0.39 is 54.3 Å². The van der Waals surface area contributed by atoms with Crippen LogP contribution in [0.4, 0.5) is 0 Å². The lowest BCUT2D eigenvalue weighted by Crippen LogP contribution is -2.55. The minimum absolute atomic E-state index is 0.0341. The molecule has 8 N–H and O–H groups in total. The summed E-state index contributed by atoms with van der Waals surface area (Å²) in [6.45, 7) is 0.777. The van der Waals surface area contributed by atoms with E-state index in [1.807, 2.05) is 0 Å². The number of thiol groups is 1. The fraction of sp³-hybridized carbons (Fsp3) is 0.615. The molecule has 0 rings (SSSR count). The first-order chi connectivity index (χ1) is 11.6. The van der Waals surface area contributed by atoms with Gasteiger partial charge in [0.25, 0.3) is 0 Å². The summed E-state index contributed by atoms with van der Waals surface area (Å²) in [5.74, 6) is -3.96. The molecule has 0 fully saturated rings. The van der Waals surface area contributed by atoms with E-state index >= 15 is 0 Å². The summed E-state index contributed by atoms with van der Waals surface area (Å²) in [4.78, 5) is 56.6. The van der Waals surface area contributed by atoms with Gasteiger partial charge in [-0.2, -0.15) is 12.6 Å². The number of hydrogen-bond donors (Lipinski definition) is 7. The normalized spacial score (nSPS) is 13.9. The third-order valence-electron chi connectivity index (χ3n) is 3.02. The highest BCUT2D eigenvalue weighted by molar-refractivity contribution is 7.80. The maximum Gasteiger partial charge on any atom is 0.322 e. The van der Waals surface area contributed by atoms with Gasteiger partial charge < -0.3 is 32.5 Å². The van der Waals surface area contributed by atoms with Gasteiger partial charge in [0.05, 0.1) is 6.04 Å². The molecule has 0 saturated carbocycles. The first-order valence-corrected chi connectivity index (χ1v) is 7.96. The van der Waals surface area contributed by atoms with Crippen LogP contribution in [-0.4, -0.2) is 65.1 Å². The van der Waals surface area contributed by atoms with E-state index in [1.165, 1.54) is 6.92 Å². The van der Waals surface area contributed by atoms with E-state index in [1.54, 1.807) is 0 Å². The second-order valence-electron chi connectivity index (χ2n) is 5.20. The summed E-state index contributed by atoms with van der Waals surface area (Å²) in [6, 6.07) is -3.10. The predicted octanol–water partition coefficient (Wildman–Crippen LogP) is -3.30. The lowest BCUT2D eigenvalue weighted by Gasteiger charge is -2.20. The molecule has 0 heterocycles. The number of hydrogen-bond acceptors (Lipinski definition) is 7. The highest BCUT2D eigenvalue weighted by atomic mass is 32.1. The van der Waals surface area contributed by atoms with Crippen LogP contribution in [0.15, 0.2) is 0 Å². The third-order valence-corrected chi connectivity index (χ3v) is 3.39. The molecule has 25 heavy (non-hydrogen) atoms. The Bertz CT molecular complexity index is 529. The summed E-state index contributed by atoms with van der Waals surface area (Å²) in [7, 11) is 0. The highest BCUT2D eigenvalue weighted by Crippen LogP contribution is 1.96. The summed E-state index contributed by atoms with van der Waals surface area (Å²) < 4.78 is 0. The number of rotatable bonds is 11. The van der Waals surface area contributed by atoms with E-state index in [4.69, 9.17) is 16.6 Å². The molecule has 3 atom stereocenters. The fourth-order valence-corrected chi connectivity index (χ4v) is 1.85. The number of aliphatic carboxylic acids is 1. The molecule has 0 aromatic rings. The van der Waals surface area contributed by atoms with Crippen molar-refractivity contribution in [2.24, 2.45) is 11.5 Å². The Labute approximate surface area is 149 Å². The molecule has 3 unspecified atom stereocenters. The number of carbonyl (C=O) groups is 5. The Morgan fingerprint density at radius 1 is 1.08 bits per heavy atom. The van der Waals surface area contributed by atoms with Crippen molar-refractivity contribution >= 4 is 42.2 Å². The molecule has 0 bridgehead atoms. The second kappa shape index (κ2) is 11.3. The van der Waals surface area contributed by atoms with Gasteiger partial charge >= 0.3 is 5.97 Å². The van der Waals surface area contributed by atoms with Gasteiger partial charge in [-0.3, -0.25) is 24.0 Å². The average Bonchev–Trinajstić information content (AvgIpc) is 2.54. The number of carboxylic acids is 1. The van der Waals surface area contributed by atoms with E-state index in [9.17, 15) is 24.0 Å². The van der Waals surface area contributed by atoms with E-state index in [-0.39, 0.29) is 18.6 Å². The molecule has 0 aliphatic carbocycles. The van der Waals surface area contributed by atoms with Crippen molar-refractivity contribution in [3.05, 3.63) is 0 Å². The molecule has 142 valence electrons. The van der Waals surface area contributed by atoms with Crippen molar-refractivity contribution in [2.45, 2.75) is 37.9 Å². The molecule has 12 heteroatoms. The van der Waals surface area contributed by atoms with Crippen LogP contribution in [0.5, 0.6) is 0 Å². The van der Waals surface area contributed by atoms with Gasteiger partial charge in [-0.25, -0.2) is 0 Å². The van der Waals surface area contributed by atoms with Crippen molar-refractivity contribution in [2.75, 3.05) is 12.3 Å². The zero-order valence-corrected chi connectivity index (χ0v) is 14.5. The number of nitrogens with one attached hydrogen (secondary N) is 3. The Balaban J connectivity index is 4.51. The SMILES string of the molecule is CC(NC(=O)C(N)CCC(N)=O)C(=O)NC(CS)C(=O)NCC(=O)O. The molecule has 0 aliphatic heterocycles. The second-order valence-corrected chi connectivity index (χ2v) is 5.56. The summed E-state index contributed by atoms with van der Waals surface area (Å²) in [6.07, 6.45) is -0.0347. The van der Waals surface area contributed by atoms with Crippen molar-refractivity contribution in [1.82, 2.24) is 16.0 Å². The number of nitrogens with two attached hydrogens (primary N) is 2. The van der Waals surface area contributed by atoms with Crippen molar-refractivity contribution in [3.63, 3.8) is 0 Å². The van der Waals surface area contributed by atoms with Gasteiger partial charge in [-0.05, 0) is 13.3 Å². The van der Waals surface area contributed by atoms with Crippen LogP contribution in [-0.2, 0) is 24.0 Å². The number of amides is 4. The van der Waals surface area contributed by atoms with Gasteiger partial charge in [-0.15, -0.1) is 0 Å². The summed E-state index contributed by atoms with van der Waals surface area (Å²) in [5, 5.41) is 15.3. The fourth-order valence-electron chi connectivity index (χ4n) is 1.59. The summed E-state index contributed by atoms with van der Waals surface area (Å²) >= 11 is 3.92. The molecule has 0 aromatic heterocycles. The van der Waals surface area contributed by atoms with Crippen LogP contribution in [0, 0.1) is 0 Å². The lowest BCUT2D eigenvalue weighted by molar-refractivity contribution is -0.138. The zero-order chi connectivity index (χ0) is 19.6. The predicted molar refractivity (Wildman–Crippen MR) is 90.4 cm³/mol. The highest BCUT2D eigenvalue weighted by Gasteiger charge is 2.25.